The van der Waals surface area contributed by atoms with E-state index in [-0.39, 0.29) is 50.2 Å². The second-order valence-electron chi connectivity index (χ2n) is 25.5. The quantitative estimate of drug-likeness (QED) is 0.0798. The molecule has 0 N–H and O–H groups in total. The van der Waals surface area contributed by atoms with Crippen molar-refractivity contribution < 1.29 is 22.8 Å². The largest absolute Gasteiger partial charge is 0.457 e. The van der Waals surface area contributed by atoms with Gasteiger partial charge in [0.15, 0.2) is 25.0 Å². The highest BCUT2D eigenvalue weighted by Crippen LogP contribution is 2.60. The molecule has 0 radical (unpaired) electrons. The number of rotatable bonds is 13. The Balaban J connectivity index is 1.60. The Bertz CT molecular complexity index is 1670. The van der Waals surface area contributed by atoms with E-state index in [2.05, 4.69) is 146 Å². The van der Waals surface area contributed by atoms with Gasteiger partial charge in [-0.2, -0.15) is 0 Å². The second kappa shape index (κ2) is 17.9. The summed E-state index contributed by atoms with van der Waals surface area (Å²) < 4.78 is 27.2. The van der Waals surface area contributed by atoms with E-state index >= 15 is 0 Å². The van der Waals surface area contributed by atoms with Gasteiger partial charge >= 0.3 is 5.97 Å². The molecule has 0 aromatic heterocycles. The molecule has 4 aliphatic carbocycles. The molecule has 4 saturated carbocycles. The summed E-state index contributed by atoms with van der Waals surface area (Å²) in [4.78, 5) is 12.8. The molecule has 8 heteroatoms. The van der Waals surface area contributed by atoms with Gasteiger partial charge in [0.1, 0.15) is 5.60 Å². The van der Waals surface area contributed by atoms with E-state index in [9.17, 15) is 4.79 Å². The van der Waals surface area contributed by atoms with Crippen molar-refractivity contribution in [3.05, 3.63) is 59.8 Å². The van der Waals surface area contributed by atoms with Crippen LogP contribution in [0.5, 0.6) is 0 Å². The van der Waals surface area contributed by atoms with Crippen molar-refractivity contribution in [3.63, 3.8) is 0 Å². The summed E-state index contributed by atoms with van der Waals surface area (Å²) in [5.74, 6) is 1.34. The van der Waals surface area contributed by atoms with Gasteiger partial charge < -0.3 is 18.0 Å². The molecule has 4 aliphatic rings. The Labute approximate surface area is 373 Å². The van der Waals surface area contributed by atoms with Crippen LogP contribution in [0.15, 0.2) is 59.8 Å². The zero-order valence-electron chi connectivity index (χ0n) is 42.5. The van der Waals surface area contributed by atoms with Gasteiger partial charge in [-0.05, 0) is 161 Å². The van der Waals surface area contributed by atoms with Crippen LogP contribution in [0.3, 0.4) is 0 Å². The van der Waals surface area contributed by atoms with Crippen molar-refractivity contribution in [1.29, 1.82) is 0 Å². The third kappa shape index (κ3) is 12.1. The molecule has 0 saturated heterocycles. The maximum absolute atomic E-state index is 12.8. The maximum Gasteiger partial charge on any atom is 0.330 e. The van der Waals surface area contributed by atoms with Crippen LogP contribution in [0.1, 0.15) is 155 Å². The van der Waals surface area contributed by atoms with E-state index in [1.54, 1.807) is 11.6 Å². The number of hydrogen-bond acceptors (Lipinski definition) is 5. The average molecular weight is 882 g/mol. The predicted octanol–water partition coefficient (Wildman–Crippen LogP) is 15.4. The minimum atomic E-state index is -2.10. The summed E-state index contributed by atoms with van der Waals surface area (Å²) in [5, 5.41) is 0.363. The zero-order valence-corrected chi connectivity index (χ0v) is 45.5. The van der Waals surface area contributed by atoms with Gasteiger partial charge in [-0.25, -0.2) is 4.79 Å². The Kier molecular flexibility index (Phi) is 15.3. The van der Waals surface area contributed by atoms with Crippen molar-refractivity contribution in [2.75, 3.05) is 0 Å². The van der Waals surface area contributed by atoms with E-state index in [4.69, 9.17) is 24.6 Å². The van der Waals surface area contributed by atoms with Crippen LogP contribution in [-0.4, -0.2) is 54.8 Å². The Morgan fingerprint density at radius 2 is 1.35 bits per heavy atom. The number of hydrogen-bond donors (Lipinski definition) is 0. The molecule has 342 valence electrons. The first kappa shape index (κ1) is 51.3. The normalized spacial score (nSPS) is 29.7. The van der Waals surface area contributed by atoms with Crippen LogP contribution in [0.2, 0.25) is 54.4 Å². The lowest BCUT2D eigenvalue weighted by Gasteiger charge is -2.45. The Hall–Kier alpha value is -1.30. The van der Waals surface area contributed by atoms with Crippen LogP contribution < -0.4 is 0 Å². The molecule has 0 aromatic carbocycles. The van der Waals surface area contributed by atoms with Gasteiger partial charge in [0.05, 0.1) is 18.3 Å². The van der Waals surface area contributed by atoms with Crippen LogP contribution in [-0.2, 0) is 22.8 Å². The van der Waals surface area contributed by atoms with Crippen molar-refractivity contribution >= 4 is 30.9 Å². The molecular weight excluding hydrogens is 789 g/mol. The SMILES string of the molecule is C=C1/C(=C\C=C2/CCC[C@]3(C)[C@@H]([C@H](C)/C=C/[C@@H](O[Si](C)(C)C(C)(C)C)C4(/C=C/C(=O)OC(C)(C)C)CC4)CC[C@@H]23)C[C@@H](O[Si](C)(C)C(C)(C)C)C[C@@H]1O[Si](C)(C)C(C)(C)C. The van der Waals surface area contributed by atoms with Crippen molar-refractivity contribution in [1.82, 2.24) is 0 Å². The first-order valence-corrected chi connectivity index (χ1v) is 32.5. The lowest BCUT2D eigenvalue weighted by atomic mass is 9.61. The average Bonchev–Trinajstić information content (AvgIpc) is 3.77. The smallest absolute Gasteiger partial charge is 0.330 e. The fourth-order valence-corrected chi connectivity index (χ4v) is 13.4. The first-order valence-electron chi connectivity index (χ1n) is 23.8. The van der Waals surface area contributed by atoms with Crippen LogP contribution >= 0.6 is 0 Å². The Morgan fingerprint density at radius 1 is 0.783 bits per heavy atom. The molecule has 0 aromatic rings. The van der Waals surface area contributed by atoms with Crippen LogP contribution in [0, 0.1) is 28.6 Å². The molecule has 0 spiro atoms. The minimum Gasteiger partial charge on any atom is -0.457 e. The fourth-order valence-electron chi connectivity index (χ4n) is 9.42. The van der Waals surface area contributed by atoms with Crippen LogP contribution in [0.25, 0.3) is 0 Å². The molecule has 0 aliphatic heterocycles. The van der Waals surface area contributed by atoms with Crippen molar-refractivity contribution in [2.45, 2.75) is 233 Å². The van der Waals surface area contributed by atoms with Crippen molar-refractivity contribution in [2.24, 2.45) is 28.6 Å². The summed E-state index contributed by atoms with van der Waals surface area (Å²) in [6.45, 7) is 50.7. The molecule has 0 heterocycles. The fraction of sp³-hybridized carbons (Fsp3) is 0.788. The van der Waals surface area contributed by atoms with Gasteiger partial charge in [0.25, 0.3) is 0 Å². The highest BCUT2D eigenvalue weighted by Gasteiger charge is 2.53. The number of carbonyl (C=O) groups is 1. The summed E-state index contributed by atoms with van der Waals surface area (Å²) in [6.07, 6.45) is 23.7. The molecule has 7 atom stereocenters. The van der Waals surface area contributed by atoms with Crippen molar-refractivity contribution in [3.8, 4) is 0 Å². The van der Waals surface area contributed by atoms with Gasteiger partial charge in [-0.1, -0.05) is 119 Å². The summed E-state index contributed by atoms with van der Waals surface area (Å²) in [5.41, 5.74) is 3.69. The highest BCUT2D eigenvalue weighted by molar-refractivity contribution is 6.75. The number of esters is 1. The van der Waals surface area contributed by atoms with Crippen LogP contribution in [0.4, 0.5) is 0 Å². The molecule has 4 rings (SSSR count). The molecule has 0 unspecified atom stereocenters. The molecular formula is C52H92O5Si3. The van der Waals surface area contributed by atoms with E-state index in [1.807, 2.05) is 20.8 Å². The monoisotopic (exact) mass is 881 g/mol. The maximum atomic E-state index is 12.8. The molecule has 5 nitrogen and oxygen atoms in total. The minimum absolute atomic E-state index is 0.00815. The van der Waals surface area contributed by atoms with E-state index in [0.717, 1.165) is 31.3 Å². The topological polar surface area (TPSA) is 54.0 Å². The number of ether oxygens (including phenoxy) is 1. The number of carbonyl (C=O) groups excluding carboxylic acids is 1. The first-order chi connectivity index (χ1) is 27.0. The standard InChI is InChI=1S/C52H92O5Si3/c1-37(24-29-45(57-60(20,21)50(12,13)14)52(33-34-52)32-30-46(53)54-47(3,4)5)42-27-28-43-39(23-22-31-51(42,43)15)25-26-40-35-41(55-58(16,17)48(6,7)8)36-44(38(40)2)56-59(18,19)49(9,10)11/h24-26,29-30,32,37,41-45H,2,22-23,27-28,31,33-36H2,1,3-21H3/b29-24+,32-30+,39-25+,40-26-/t37-,41-,42-,43+,44+,45-,51-/m1/s1. The lowest BCUT2D eigenvalue weighted by molar-refractivity contribution is -0.148. The van der Waals surface area contributed by atoms with Gasteiger partial charge in [-0.15, -0.1) is 0 Å². The summed E-state index contributed by atoms with van der Waals surface area (Å²) in [7, 11) is -6.11. The van der Waals surface area contributed by atoms with Gasteiger partial charge in [0.2, 0.25) is 0 Å². The molecule has 60 heavy (non-hydrogen) atoms. The molecule has 0 bridgehead atoms. The second-order valence-corrected chi connectivity index (χ2v) is 39.8. The summed E-state index contributed by atoms with van der Waals surface area (Å²) >= 11 is 0. The third-order valence-corrected chi connectivity index (χ3v) is 30.1. The zero-order chi connectivity index (χ0) is 45.7. The van der Waals surface area contributed by atoms with Gasteiger partial charge in [-0.3, -0.25) is 0 Å². The number of fused-ring (bicyclic) bond motifs is 1. The van der Waals surface area contributed by atoms with E-state index < -0.39 is 30.6 Å². The molecule has 0 amide bonds. The highest BCUT2D eigenvalue weighted by atomic mass is 28.4. The third-order valence-electron chi connectivity index (χ3n) is 16.6. The predicted molar refractivity (Wildman–Crippen MR) is 264 cm³/mol. The lowest BCUT2D eigenvalue weighted by Crippen LogP contribution is -2.49. The Morgan fingerprint density at radius 3 is 1.88 bits per heavy atom. The van der Waals surface area contributed by atoms with Gasteiger partial charge in [0, 0.05) is 17.9 Å². The molecule has 4 fully saturated rings. The van der Waals surface area contributed by atoms with E-state index in [0.29, 0.717) is 17.8 Å². The summed E-state index contributed by atoms with van der Waals surface area (Å²) in [6, 6.07) is 0. The number of allylic oxidation sites excluding steroid dienone is 4. The van der Waals surface area contributed by atoms with E-state index in [1.165, 1.54) is 37.7 Å².